The van der Waals surface area contributed by atoms with E-state index in [1.54, 1.807) is 6.07 Å². The highest BCUT2D eigenvalue weighted by Gasteiger charge is 2.36. The van der Waals surface area contributed by atoms with E-state index in [1.807, 2.05) is 12.1 Å². The minimum Gasteiger partial charge on any atom is -0.508 e. The smallest absolute Gasteiger partial charge is 0.119 e. The Kier molecular flexibility index (Phi) is 4.05. The molecule has 3 heteroatoms. The number of phenolic OH excluding ortho intramolecular Hbond substituents is 1. The second-order valence-corrected chi connectivity index (χ2v) is 5.89. The van der Waals surface area contributed by atoms with Gasteiger partial charge in [-0.15, -0.1) is 17.0 Å². The molecule has 110 valence electrons. The second-order valence-electron chi connectivity index (χ2n) is 5.89. The van der Waals surface area contributed by atoms with Crippen LogP contribution in [-0.4, -0.2) is 23.1 Å². The number of rotatable bonds is 1. The first-order valence-corrected chi connectivity index (χ1v) is 7.45. The van der Waals surface area contributed by atoms with Gasteiger partial charge in [0.05, 0.1) is 0 Å². The van der Waals surface area contributed by atoms with Crippen molar-refractivity contribution in [3.8, 4) is 5.75 Å². The summed E-state index contributed by atoms with van der Waals surface area (Å²) < 4.78 is 0. The fourth-order valence-corrected chi connectivity index (χ4v) is 3.91. The lowest BCUT2D eigenvalue weighted by molar-refractivity contribution is 0.229. The van der Waals surface area contributed by atoms with Crippen molar-refractivity contribution in [2.75, 3.05) is 13.1 Å². The Bertz CT molecular complexity index is 643. The summed E-state index contributed by atoms with van der Waals surface area (Å²) in [5, 5.41) is 10.2. The fraction of sp³-hybridized carbons (Fsp3) is 0.333. The Labute approximate surface area is 136 Å². The number of aromatic hydroxyl groups is 1. The predicted octanol–water partition coefficient (Wildman–Crippen LogP) is 4.25. The maximum absolute atomic E-state index is 10.2. The molecule has 0 bridgehead atoms. The van der Waals surface area contributed by atoms with Crippen LogP contribution < -0.4 is 0 Å². The Hall–Kier alpha value is -1.32. The molecule has 0 spiro atoms. The van der Waals surface area contributed by atoms with Crippen molar-refractivity contribution in [1.82, 2.24) is 4.90 Å². The molecule has 4 rings (SSSR count). The largest absolute Gasteiger partial charge is 0.508 e. The molecule has 21 heavy (non-hydrogen) atoms. The summed E-state index contributed by atoms with van der Waals surface area (Å²) in [6.07, 6.45) is 2.55. The van der Waals surface area contributed by atoms with Crippen molar-refractivity contribution in [3.63, 3.8) is 0 Å². The first-order valence-electron chi connectivity index (χ1n) is 7.45. The van der Waals surface area contributed by atoms with E-state index in [9.17, 15) is 5.11 Å². The molecule has 0 unspecified atom stereocenters. The molecule has 2 aromatic carbocycles. The van der Waals surface area contributed by atoms with Crippen LogP contribution in [0.1, 0.15) is 41.5 Å². The molecule has 1 saturated heterocycles. The zero-order valence-corrected chi connectivity index (χ0v) is 13.6. The van der Waals surface area contributed by atoms with Gasteiger partial charge in [-0.05, 0) is 36.6 Å². The molecule has 2 aliphatic rings. The van der Waals surface area contributed by atoms with Gasteiger partial charge in [0.1, 0.15) is 5.75 Å². The van der Waals surface area contributed by atoms with Crippen molar-refractivity contribution in [2.45, 2.75) is 24.8 Å². The summed E-state index contributed by atoms with van der Waals surface area (Å²) in [5.41, 5.74) is 3.92. The van der Waals surface area contributed by atoms with Crippen LogP contribution in [0.5, 0.6) is 5.75 Å². The SMILES string of the molecule is Br.Oc1ccccc1[C@@H]1CN2CCC[C@@H]2c2ccccc21. The molecule has 2 heterocycles. The van der Waals surface area contributed by atoms with Gasteiger partial charge in [0, 0.05) is 24.1 Å². The Morgan fingerprint density at radius 3 is 2.33 bits per heavy atom. The lowest BCUT2D eigenvalue weighted by Gasteiger charge is -2.37. The van der Waals surface area contributed by atoms with Crippen molar-refractivity contribution in [1.29, 1.82) is 0 Å². The van der Waals surface area contributed by atoms with Gasteiger partial charge in [-0.2, -0.15) is 0 Å². The van der Waals surface area contributed by atoms with E-state index < -0.39 is 0 Å². The van der Waals surface area contributed by atoms with Gasteiger partial charge in [-0.1, -0.05) is 42.5 Å². The highest BCUT2D eigenvalue weighted by atomic mass is 79.9. The average molecular weight is 346 g/mol. The molecule has 0 aliphatic carbocycles. The van der Waals surface area contributed by atoms with Crippen molar-refractivity contribution in [3.05, 3.63) is 65.2 Å². The third-order valence-corrected chi connectivity index (χ3v) is 4.82. The molecule has 1 fully saturated rings. The average Bonchev–Trinajstić information content (AvgIpc) is 2.96. The lowest BCUT2D eigenvalue weighted by atomic mass is 9.81. The highest BCUT2D eigenvalue weighted by molar-refractivity contribution is 8.93. The quantitative estimate of drug-likeness (QED) is 0.834. The van der Waals surface area contributed by atoms with E-state index in [4.69, 9.17) is 0 Å². The van der Waals surface area contributed by atoms with Crippen LogP contribution in [-0.2, 0) is 0 Å². The van der Waals surface area contributed by atoms with Gasteiger partial charge in [0.25, 0.3) is 0 Å². The number of nitrogens with zero attached hydrogens (tertiary/aromatic N) is 1. The number of fused-ring (bicyclic) bond motifs is 3. The van der Waals surface area contributed by atoms with Crippen LogP contribution in [0.15, 0.2) is 48.5 Å². The van der Waals surface area contributed by atoms with E-state index in [2.05, 4.69) is 35.2 Å². The predicted molar refractivity (Wildman–Crippen MR) is 90.3 cm³/mol. The minimum absolute atomic E-state index is 0. The molecule has 2 aliphatic heterocycles. The fourth-order valence-electron chi connectivity index (χ4n) is 3.91. The molecule has 1 N–H and O–H groups in total. The van der Waals surface area contributed by atoms with Gasteiger partial charge in [0.2, 0.25) is 0 Å². The number of halogens is 1. The van der Waals surface area contributed by atoms with E-state index in [-0.39, 0.29) is 17.0 Å². The van der Waals surface area contributed by atoms with Gasteiger partial charge >= 0.3 is 0 Å². The highest BCUT2D eigenvalue weighted by Crippen LogP contribution is 2.45. The van der Waals surface area contributed by atoms with Crippen molar-refractivity contribution < 1.29 is 5.11 Å². The summed E-state index contributed by atoms with van der Waals surface area (Å²) in [4.78, 5) is 2.58. The van der Waals surface area contributed by atoms with Gasteiger partial charge in [-0.25, -0.2) is 0 Å². The molecular formula is C18H20BrNO. The van der Waals surface area contributed by atoms with E-state index >= 15 is 0 Å². The van der Waals surface area contributed by atoms with Crippen LogP contribution >= 0.6 is 17.0 Å². The standard InChI is InChI=1S/C18H19NO.BrH/c20-18-10-4-3-8-15(18)16-12-19-11-5-9-17(19)14-7-2-1-6-13(14)16;/h1-4,6-8,10,16-17,20H,5,9,11-12H2;1H/t16-,17-;/m1./s1. The van der Waals surface area contributed by atoms with E-state index in [0.717, 1.165) is 12.1 Å². The first kappa shape index (κ1) is 14.6. The van der Waals surface area contributed by atoms with Gasteiger partial charge < -0.3 is 5.11 Å². The van der Waals surface area contributed by atoms with Gasteiger partial charge in [-0.3, -0.25) is 4.90 Å². The minimum atomic E-state index is 0. The molecule has 0 aromatic heterocycles. The van der Waals surface area contributed by atoms with E-state index in [0.29, 0.717) is 17.7 Å². The van der Waals surface area contributed by atoms with Crippen LogP contribution in [0.2, 0.25) is 0 Å². The summed E-state index contributed by atoms with van der Waals surface area (Å²) >= 11 is 0. The molecule has 2 nitrogen and oxygen atoms in total. The maximum Gasteiger partial charge on any atom is 0.119 e. The number of para-hydroxylation sites is 1. The van der Waals surface area contributed by atoms with Crippen molar-refractivity contribution in [2.24, 2.45) is 0 Å². The molecule has 0 amide bonds. The Balaban J connectivity index is 0.00000132. The normalized spacial score (nSPS) is 24.0. The summed E-state index contributed by atoms with van der Waals surface area (Å²) in [6, 6.07) is 17.1. The zero-order chi connectivity index (χ0) is 13.5. The number of phenols is 1. The molecule has 0 saturated carbocycles. The molecule has 2 atom stereocenters. The topological polar surface area (TPSA) is 23.5 Å². The van der Waals surface area contributed by atoms with Crippen molar-refractivity contribution >= 4 is 17.0 Å². The molecular weight excluding hydrogens is 326 g/mol. The van der Waals surface area contributed by atoms with Crippen LogP contribution in [0, 0.1) is 0 Å². The number of benzene rings is 2. The lowest BCUT2D eigenvalue weighted by Crippen LogP contribution is -2.34. The number of hydrogen-bond donors (Lipinski definition) is 1. The van der Waals surface area contributed by atoms with E-state index in [1.165, 1.54) is 30.5 Å². The summed E-state index contributed by atoms with van der Waals surface area (Å²) in [7, 11) is 0. The van der Waals surface area contributed by atoms with Gasteiger partial charge in [0.15, 0.2) is 0 Å². The summed E-state index contributed by atoms with van der Waals surface area (Å²) in [6.45, 7) is 2.21. The monoisotopic (exact) mass is 345 g/mol. The maximum atomic E-state index is 10.2. The third kappa shape index (κ3) is 2.39. The second kappa shape index (κ2) is 5.82. The van der Waals surface area contributed by atoms with Crippen LogP contribution in [0.25, 0.3) is 0 Å². The Morgan fingerprint density at radius 2 is 1.57 bits per heavy atom. The molecule has 2 aromatic rings. The zero-order valence-electron chi connectivity index (χ0n) is 11.9. The van der Waals surface area contributed by atoms with Crippen LogP contribution in [0.4, 0.5) is 0 Å². The van der Waals surface area contributed by atoms with Crippen LogP contribution in [0.3, 0.4) is 0 Å². The summed E-state index contributed by atoms with van der Waals surface area (Å²) in [5.74, 6) is 0.715. The Morgan fingerprint density at radius 1 is 0.905 bits per heavy atom. The number of hydrogen-bond acceptors (Lipinski definition) is 2. The first-order chi connectivity index (χ1) is 9.84. The molecule has 0 radical (unpaired) electrons. The third-order valence-electron chi connectivity index (χ3n) is 4.82.